The summed E-state index contributed by atoms with van der Waals surface area (Å²) in [6.45, 7) is 2.87. The molecule has 2 aromatic rings. The molecular formula is C20H22N2O. The zero-order valence-electron chi connectivity index (χ0n) is 13.5. The van der Waals surface area contributed by atoms with Gasteiger partial charge in [0.1, 0.15) is 5.75 Å². The fourth-order valence-electron chi connectivity index (χ4n) is 2.19. The summed E-state index contributed by atoms with van der Waals surface area (Å²) in [6, 6.07) is 13.4. The molecule has 0 spiro atoms. The first-order chi connectivity index (χ1) is 11.3. The summed E-state index contributed by atoms with van der Waals surface area (Å²) < 4.78 is 5.71. The van der Waals surface area contributed by atoms with Gasteiger partial charge in [-0.15, -0.1) is 0 Å². The maximum absolute atomic E-state index is 8.81. The van der Waals surface area contributed by atoms with Crippen LogP contribution in [0.5, 0.6) is 5.75 Å². The van der Waals surface area contributed by atoms with Gasteiger partial charge >= 0.3 is 0 Å². The largest absolute Gasteiger partial charge is 0.492 e. The number of rotatable bonds is 8. The molecule has 0 aliphatic carbocycles. The van der Waals surface area contributed by atoms with Gasteiger partial charge in [-0.25, -0.2) is 0 Å². The van der Waals surface area contributed by atoms with Gasteiger partial charge in [0.25, 0.3) is 0 Å². The van der Waals surface area contributed by atoms with Gasteiger partial charge in [-0.2, -0.15) is 5.26 Å². The van der Waals surface area contributed by atoms with Crippen molar-refractivity contribution in [1.29, 1.82) is 5.26 Å². The van der Waals surface area contributed by atoms with Gasteiger partial charge in [-0.1, -0.05) is 31.2 Å². The molecule has 2 rings (SSSR count). The van der Waals surface area contributed by atoms with E-state index in [1.807, 2.05) is 24.3 Å². The highest BCUT2D eigenvalue weighted by atomic mass is 16.5. The van der Waals surface area contributed by atoms with Crippen LogP contribution in [0.15, 0.2) is 54.7 Å². The van der Waals surface area contributed by atoms with Crippen LogP contribution in [-0.2, 0) is 0 Å². The summed E-state index contributed by atoms with van der Waals surface area (Å²) in [5.41, 5.74) is 2.53. The van der Waals surface area contributed by atoms with E-state index in [1.54, 1.807) is 18.3 Å². The van der Waals surface area contributed by atoms with Crippen LogP contribution in [0.4, 0.5) is 0 Å². The lowest BCUT2D eigenvalue weighted by Gasteiger charge is -2.06. The van der Waals surface area contributed by atoms with Crippen LogP contribution in [0, 0.1) is 11.3 Å². The second kappa shape index (κ2) is 9.42. The first-order valence-corrected chi connectivity index (χ1v) is 8.08. The fraction of sp³-hybridized carbons (Fsp3) is 0.300. The summed E-state index contributed by atoms with van der Waals surface area (Å²) in [6.07, 6.45) is 10.6. The highest BCUT2D eigenvalue weighted by Gasteiger charge is 2.01. The molecule has 3 nitrogen and oxygen atoms in total. The Balaban J connectivity index is 1.80. The Kier molecular flexibility index (Phi) is 6.87. The van der Waals surface area contributed by atoms with E-state index in [9.17, 15) is 0 Å². The van der Waals surface area contributed by atoms with Crippen molar-refractivity contribution in [3.05, 3.63) is 60.3 Å². The monoisotopic (exact) mass is 306 g/mol. The number of benzene rings is 1. The number of allylic oxidation sites excluding steroid dienone is 2. The average molecular weight is 306 g/mol. The van der Waals surface area contributed by atoms with Gasteiger partial charge < -0.3 is 4.74 Å². The van der Waals surface area contributed by atoms with Crippen molar-refractivity contribution in [1.82, 2.24) is 4.98 Å². The van der Waals surface area contributed by atoms with E-state index in [0.29, 0.717) is 5.56 Å². The van der Waals surface area contributed by atoms with Crippen molar-refractivity contribution in [3.63, 3.8) is 0 Å². The molecule has 1 aromatic carbocycles. The SMILES string of the molecule is CC/C=C\CCCCOc1ccc(-c2ccc(C#N)cc2)nc1. The van der Waals surface area contributed by atoms with Crippen molar-refractivity contribution in [2.75, 3.05) is 6.61 Å². The molecule has 0 saturated carbocycles. The summed E-state index contributed by atoms with van der Waals surface area (Å²) in [4.78, 5) is 4.42. The summed E-state index contributed by atoms with van der Waals surface area (Å²) in [7, 11) is 0. The molecule has 0 unspecified atom stereocenters. The van der Waals surface area contributed by atoms with E-state index in [4.69, 9.17) is 10.00 Å². The van der Waals surface area contributed by atoms with Gasteiger partial charge in [0.05, 0.1) is 30.1 Å². The number of pyridine rings is 1. The molecule has 0 fully saturated rings. The minimum absolute atomic E-state index is 0.655. The molecule has 0 aliphatic rings. The molecule has 23 heavy (non-hydrogen) atoms. The zero-order chi connectivity index (χ0) is 16.3. The maximum Gasteiger partial charge on any atom is 0.137 e. The van der Waals surface area contributed by atoms with Crippen LogP contribution in [0.25, 0.3) is 11.3 Å². The van der Waals surface area contributed by atoms with Gasteiger partial charge in [0, 0.05) is 5.56 Å². The Bertz CT molecular complexity index is 652. The highest BCUT2D eigenvalue weighted by Crippen LogP contribution is 2.20. The van der Waals surface area contributed by atoms with E-state index in [0.717, 1.165) is 49.3 Å². The first-order valence-electron chi connectivity index (χ1n) is 8.08. The van der Waals surface area contributed by atoms with E-state index >= 15 is 0 Å². The first kappa shape index (κ1) is 16.8. The average Bonchev–Trinajstić information content (AvgIpc) is 2.61. The van der Waals surface area contributed by atoms with Crippen LogP contribution in [0.2, 0.25) is 0 Å². The van der Waals surface area contributed by atoms with Gasteiger partial charge in [-0.05, 0) is 49.9 Å². The van der Waals surface area contributed by atoms with Crippen molar-refractivity contribution in [3.8, 4) is 23.1 Å². The number of nitriles is 1. The molecule has 1 aromatic heterocycles. The third-order valence-corrected chi connectivity index (χ3v) is 3.48. The molecule has 0 bridgehead atoms. The number of unbranched alkanes of at least 4 members (excludes halogenated alkanes) is 2. The highest BCUT2D eigenvalue weighted by molar-refractivity contribution is 5.60. The Hall–Kier alpha value is -2.60. The third kappa shape index (κ3) is 5.60. The van der Waals surface area contributed by atoms with Crippen LogP contribution >= 0.6 is 0 Å². The predicted molar refractivity (Wildman–Crippen MR) is 93.2 cm³/mol. The molecule has 0 radical (unpaired) electrons. The lowest BCUT2D eigenvalue weighted by Crippen LogP contribution is -1.97. The predicted octanol–water partition coefficient (Wildman–Crippen LogP) is 5.14. The normalized spacial score (nSPS) is 10.6. The number of hydrogen-bond acceptors (Lipinski definition) is 3. The molecular weight excluding hydrogens is 284 g/mol. The molecule has 118 valence electrons. The minimum atomic E-state index is 0.655. The quantitative estimate of drug-likeness (QED) is 0.501. The zero-order valence-corrected chi connectivity index (χ0v) is 13.5. The third-order valence-electron chi connectivity index (χ3n) is 3.48. The van der Waals surface area contributed by atoms with Crippen molar-refractivity contribution >= 4 is 0 Å². The fourth-order valence-corrected chi connectivity index (χ4v) is 2.19. The second-order valence-electron chi connectivity index (χ2n) is 5.29. The van der Waals surface area contributed by atoms with Crippen LogP contribution in [0.1, 0.15) is 38.2 Å². The summed E-state index contributed by atoms with van der Waals surface area (Å²) in [5.74, 6) is 0.798. The van der Waals surface area contributed by atoms with E-state index in [1.165, 1.54) is 0 Å². The van der Waals surface area contributed by atoms with E-state index < -0.39 is 0 Å². The Morgan fingerprint density at radius 1 is 1.09 bits per heavy atom. The molecule has 0 N–H and O–H groups in total. The minimum Gasteiger partial charge on any atom is -0.492 e. The van der Waals surface area contributed by atoms with Crippen molar-refractivity contribution in [2.24, 2.45) is 0 Å². The Morgan fingerprint density at radius 3 is 2.57 bits per heavy atom. The van der Waals surface area contributed by atoms with Gasteiger partial charge in [-0.3, -0.25) is 4.98 Å². The smallest absolute Gasteiger partial charge is 0.137 e. The molecule has 0 aliphatic heterocycles. The molecule has 3 heteroatoms. The van der Waals surface area contributed by atoms with Crippen LogP contribution < -0.4 is 4.74 Å². The number of nitrogens with zero attached hydrogens (tertiary/aromatic N) is 2. The van der Waals surface area contributed by atoms with Crippen molar-refractivity contribution < 1.29 is 4.74 Å². The lowest BCUT2D eigenvalue weighted by molar-refractivity contribution is 0.306. The summed E-state index contributed by atoms with van der Waals surface area (Å²) >= 11 is 0. The van der Waals surface area contributed by atoms with E-state index in [-0.39, 0.29) is 0 Å². The number of aromatic nitrogens is 1. The van der Waals surface area contributed by atoms with Crippen LogP contribution in [-0.4, -0.2) is 11.6 Å². The number of hydrogen-bond donors (Lipinski definition) is 0. The summed E-state index contributed by atoms with van der Waals surface area (Å²) in [5, 5.41) is 8.81. The standard InChI is InChI=1S/C20H22N2O/c1-2-3-4-5-6-7-14-23-19-12-13-20(22-16-19)18-10-8-17(15-21)9-11-18/h3-4,8-13,16H,2,5-7,14H2,1H3/b4-3-. The molecule has 0 saturated heterocycles. The molecule has 0 amide bonds. The lowest BCUT2D eigenvalue weighted by atomic mass is 10.1. The van der Waals surface area contributed by atoms with E-state index in [2.05, 4.69) is 30.1 Å². The van der Waals surface area contributed by atoms with Crippen LogP contribution in [0.3, 0.4) is 0 Å². The maximum atomic E-state index is 8.81. The molecule has 1 heterocycles. The van der Waals surface area contributed by atoms with Gasteiger partial charge in [0.15, 0.2) is 0 Å². The van der Waals surface area contributed by atoms with Crippen molar-refractivity contribution in [2.45, 2.75) is 32.6 Å². The molecule has 0 atom stereocenters. The Labute approximate surface area is 138 Å². The second-order valence-corrected chi connectivity index (χ2v) is 5.29. The Morgan fingerprint density at radius 2 is 1.91 bits per heavy atom. The van der Waals surface area contributed by atoms with Gasteiger partial charge in [0.2, 0.25) is 0 Å². The topological polar surface area (TPSA) is 45.9 Å². The number of ether oxygens (including phenoxy) is 1.